The smallest absolute Gasteiger partial charge is 0.231 e. The summed E-state index contributed by atoms with van der Waals surface area (Å²) in [6.45, 7) is 1.45. The fraction of sp³-hybridized carbons (Fsp3) is 0.150. The highest BCUT2D eigenvalue weighted by atomic mass is 16.7. The molecule has 2 aromatic carbocycles. The fourth-order valence-electron chi connectivity index (χ4n) is 3.06. The first-order valence-corrected chi connectivity index (χ1v) is 8.95. The van der Waals surface area contributed by atoms with Crippen molar-refractivity contribution in [1.29, 1.82) is 0 Å². The van der Waals surface area contributed by atoms with Gasteiger partial charge in [-0.15, -0.1) is 0 Å². The van der Waals surface area contributed by atoms with E-state index in [9.17, 15) is 0 Å². The second-order valence-electron chi connectivity index (χ2n) is 6.38. The summed E-state index contributed by atoms with van der Waals surface area (Å²) in [6.07, 6.45) is 1.53. The van der Waals surface area contributed by atoms with Gasteiger partial charge in [0, 0.05) is 12.6 Å². The average molecular weight is 374 g/mol. The van der Waals surface area contributed by atoms with Crippen LogP contribution in [0.2, 0.25) is 0 Å². The van der Waals surface area contributed by atoms with E-state index in [0.717, 1.165) is 45.6 Å². The van der Waals surface area contributed by atoms with Crippen molar-refractivity contribution in [1.82, 2.24) is 19.9 Å². The summed E-state index contributed by atoms with van der Waals surface area (Å²) >= 11 is 0. The second kappa shape index (κ2) is 7.07. The highest BCUT2D eigenvalue weighted by Gasteiger charge is 2.13. The van der Waals surface area contributed by atoms with Gasteiger partial charge < -0.3 is 25.1 Å². The summed E-state index contributed by atoms with van der Waals surface area (Å²) in [4.78, 5) is 16.4. The zero-order valence-corrected chi connectivity index (χ0v) is 15.0. The Balaban J connectivity index is 1.22. The Kier molecular flexibility index (Phi) is 4.13. The third-order valence-corrected chi connectivity index (χ3v) is 4.45. The average Bonchev–Trinajstić information content (AvgIpc) is 3.37. The van der Waals surface area contributed by atoms with E-state index in [1.54, 1.807) is 0 Å². The van der Waals surface area contributed by atoms with Gasteiger partial charge in [0.2, 0.25) is 6.79 Å². The number of nitrogens with zero attached hydrogens (tertiary/aromatic N) is 3. The molecule has 1 aliphatic rings. The number of nitrogens with one attached hydrogen (secondary N) is 3. The molecule has 28 heavy (non-hydrogen) atoms. The van der Waals surface area contributed by atoms with Gasteiger partial charge in [0.1, 0.15) is 23.8 Å². The molecule has 0 spiro atoms. The van der Waals surface area contributed by atoms with Gasteiger partial charge in [0.15, 0.2) is 11.5 Å². The minimum atomic E-state index is 0.276. The number of para-hydroxylation sites is 2. The summed E-state index contributed by atoms with van der Waals surface area (Å²) in [7, 11) is 0. The third-order valence-electron chi connectivity index (χ3n) is 4.45. The van der Waals surface area contributed by atoms with Gasteiger partial charge in [0.25, 0.3) is 0 Å². The molecule has 3 heterocycles. The Hall–Kier alpha value is -3.81. The Labute approximate surface area is 161 Å². The molecule has 140 valence electrons. The van der Waals surface area contributed by atoms with Crippen LogP contribution in [0, 0.1) is 0 Å². The molecule has 0 saturated carbocycles. The highest BCUT2D eigenvalue weighted by Crippen LogP contribution is 2.32. The maximum Gasteiger partial charge on any atom is 0.231 e. The number of H-pyrrole nitrogens is 1. The topological polar surface area (TPSA) is 97.0 Å². The van der Waals surface area contributed by atoms with Crippen LogP contribution in [0.3, 0.4) is 0 Å². The zero-order valence-electron chi connectivity index (χ0n) is 15.0. The Morgan fingerprint density at radius 1 is 0.893 bits per heavy atom. The number of benzene rings is 2. The van der Waals surface area contributed by atoms with Crippen molar-refractivity contribution >= 4 is 22.7 Å². The van der Waals surface area contributed by atoms with Gasteiger partial charge >= 0.3 is 0 Å². The summed E-state index contributed by atoms with van der Waals surface area (Å²) < 4.78 is 10.7. The number of anilines is 2. The maximum atomic E-state index is 5.41. The number of fused-ring (bicyclic) bond motifs is 2. The molecule has 0 aliphatic carbocycles. The minimum absolute atomic E-state index is 0.276. The van der Waals surface area contributed by atoms with Crippen LogP contribution in [0.15, 0.2) is 54.9 Å². The standard InChI is InChI=1S/C20H18N6O2/c1-2-4-15-14(3-1)25-20(26-15)10-22-19-8-18(23-11-24-19)21-9-13-5-6-16-17(7-13)28-12-27-16/h1-8,11H,9-10,12H2,(H,25,26)(H2,21,22,23,24). The molecule has 1 aliphatic heterocycles. The molecular weight excluding hydrogens is 356 g/mol. The lowest BCUT2D eigenvalue weighted by atomic mass is 10.2. The molecule has 5 rings (SSSR count). The van der Waals surface area contributed by atoms with Crippen LogP contribution >= 0.6 is 0 Å². The van der Waals surface area contributed by atoms with E-state index >= 15 is 0 Å². The number of aromatic amines is 1. The summed E-state index contributed by atoms with van der Waals surface area (Å²) in [5, 5.41) is 6.57. The van der Waals surface area contributed by atoms with Gasteiger partial charge in [0.05, 0.1) is 17.6 Å². The van der Waals surface area contributed by atoms with Crippen molar-refractivity contribution in [2.45, 2.75) is 13.1 Å². The van der Waals surface area contributed by atoms with Crippen molar-refractivity contribution in [3.63, 3.8) is 0 Å². The van der Waals surface area contributed by atoms with Crippen molar-refractivity contribution in [3.05, 3.63) is 66.2 Å². The van der Waals surface area contributed by atoms with Crippen LogP contribution in [0.1, 0.15) is 11.4 Å². The molecule has 0 atom stereocenters. The van der Waals surface area contributed by atoms with Crippen molar-refractivity contribution in [3.8, 4) is 11.5 Å². The predicted octanol–water partition coefficient (Wildman–Crippen LogP) is 3.31. The van der Waals surface area contributed by atoms with Gasteiger partial charge in [-0.3, -0.25) is 0 Å². The summed E-state index contributed by atoms with van der Waals surface area (Å²) in [6, 6.07) is 15.7. The van der Waals surface area contributed by atoms with Gasteiger partial charge in [-0.2, -0.15) is 0 Å². The predicted molar refractivity (Wildman–Crippen MR) is 105 cm³/mol. The summed E-state index contributed by atoms with van der Waals surface area (Å²) in [5.74, 6) is 3.87. The Bertz CT molecular complexity index is 1090. The van der Waals surface area contributed by atoms with Crippen LogP contribution < -0.4 is 20.1 Å². The molecule has 8 nitrogen and oxygen atoms in total. The third kappa shape index (κ3) is 3.39. The van der Waals surface area contributed by atoms with E-state index in [0.29, 0.717) is 13.1 Å². The second-order valence-corrected chi connectivity index (χ2v) is 6.38. The van der Waals surface area contributed by atoms with Crippen molar-refractivity contribution in [2.24, 2.45) is 0 Å². The maximum absolute atomic E-state index is 5.41. The van der Waals surface area contributed by atoms with Crippen LogP contribution in [-0.2, 0) is 13.1 Å². The SMILES string of the molecule is c1ccc2[nH]c(CNc3cc(NCc4ccc5c(c4)OCO5)ncn3)nc2c1. The molecule has 3 N–H and O–H groups in total. The van der Waals surface area contributed by atoms with E-state index in [2.05, 4.69) is 30.6 Å². The Morgan fingerprint density at radius 3 is 2.61 bits per heavy atom. The van der Waals surface area contributed by atoms with E-state index in [1.165, 1.54) is 6.33 Å². The van der Waals surface area contributed by atoms with Crippen LogP contribution in [0.4, 0.5) is 11.6 Å². The first-order valence-electron chi connectivity index (χ1n) is 8.95. The number of hydrogen-bond acceptors (Lipinski definition) is 7. The first-order chi connectivity index (χ1) is 13.8. The molecule has 0 bridgehead atoms. The lowest BCUT2D eigenvalue weighted by Crippen LogP contribution is -2.06. The van der Waals surface area contributed by atoms with Gasteiger partial charge in [-0.05, 0) is 29.8 Å². The highest BCUT2D eigenvalue weighted by molar-refractivity contribution is 5.74. The number of aromatic nitrogens is 4. The minimum Gasteiger partial charge on any atom is -0.454 e. The molecule has 0 unspecified atom stereocenters. The van der Waals surface area contributed by atoms with Crippen LogP contribution in [-0.4, -0.2) is 26.7 Å². The van der Waals surface area contributed by atoms with E-state index in [1.807, 2.05) is 48.5 Å². The summed E-state index contributed by atoms with van der Waals surface area (Å²) in [5.41, 5.74) is 3.06. The first kappa shape index (κ1) is 16.4. The quantitative estimate of drug-likeness (QED) is 0.476. The number of rotatable bonds is 6. The number of imidazole rings is 1. The zero-order chi connectivity index (χ0) is 18.8. The molecule has 4 aromatic rings. The lowest BCUT2D eigenvalue weighted by Gasteiger charge is -2.08. The van der Waals surface area contributed by atoms with E-state index < -0.39 is 0 Å². The van der Waals surface area contributed by atoms with Crippen molar-refractivity contribution in [2.75, 3.05) is 17.4 Å². The molecule has 8 heteroatoms. The molecule has 0 saturated heterocycles. The van der Waals surface area contributed by atoms with E-state index in [-0.39, 0.29) is 6.79 Å². The molecule has 0 fully saturated rings. The normalized spacial score (nSPS) is 12.3. The monoisotopic (exact) mass is 374 g/mol. The molecule has 2 aromatic heterocycles. The molecular formula is C20H18N6O2. The number of ether oxygens (including phenoxy) is 2. The van der Waals surface area contributed by atoms with Gasteiger partial charge in [-0.1, -0.05) is 18.2 Å². The molecule has 0 amide bonds. The Morgan fingerprint density at radius 2 is 1.71 bits per heavy atom. The number of hydrogen-bond donors (Lipinski definition) is 3. The van der Waals surface area contributed by atoms with E-state index in [4.69, 9.17) is 9.47 Å². The fourth-order valence-corrected chi connectivity index (χ4v) is 3.06. The van der Waals surface area contributed by atoms with Gasteiger partial charge in [-0.25, -0.2) is 15.0 Å². The molecule has 0 radical (unpaired) electrons. The largest absolute Gasteiger partial charge is 0.454 e. The van der Waals surface area contributed by atoms with Crippen LogP contribution in [0.25, 0.3) is 11.0 Å². The lowest BCUT2D eigenvalue weighted by molar-refractivity contribution is 0.174. The van der Waals surface area contributed by atoms with Crippen LogP contribution in [0.5, 0.6) is 11.5 Å². The van der Waals surface area contributed by atoms with Crippen molar-refractivity contribution < 1.29 is 9.47 Å².